The molecule has 132 valence electrons. The minimum absolute atomic E-state index is 0.315. The van der Waals surface area contributed by atoms with Crippen LogP contribution in [0.2, 0.25) is 0 Å². The Labute approximate surface area is 146 Å². The van der Waals surface area contributed by atoms with E-state index in [9.17, 15) is 9.59 Å². The molecule has 0 unspecified atom stereocenters. The zero-order valence-electron chi connectivity index (χ0n) is 14.4. The highest BCUT2D eigenvalue weighted by Gasteiger charge is 2.18. The molecule has 0 N–H and O–H groups in total. The van der Waals surface area contributed by atoms with E-state index in [0.29, 0.717) is 48.1 Å². The molecule has 0 saturated heterocycles. The standard InChI is InChI=1S/C19H20O6/c1-4-23-16-10-15(25-12-20)11-17(24-5-2)18(16)13-7-6-8-14(9-13)19(21)22-3/h6-12H,4-5H2,1-3H3. The zero-order valence-corrected chi connectivity index (χ0v) is 14.4. The van der Waals surface area contributed by atoms with Crippen molar-refractivity contribution >= 4 is 12.4 Å². The molecular weight excluding hydrogens is 324 g/mol. The fourth-order valence-corrected chi connectivity index (χ4v) is 2.43. The molecule has 0 saturated carbocycles. The highest BCUT2D eigenvalue weighted by atomic mass is 16.5. The minimum Gasteiger partial charge on any atom is -0.493 e. The van der Waals surface area contributed by atoms with Crippen molar-refractivity contribution in [3.8, 4) is 28.4 Å². The van der Waals surface area contributed by atoms with E-state index in [0.717, 1.165) is 5.56 Å². The summed E-state index contributed by atoms with van der Waals surface area (Å²) < 4.78 is 21.1. The Morgan fingerprint density at radius 1 is 1.04 bits per heavy atom. The summed E-state index contributed by atoms with van der Waals surface area (Å²) in [6.45, 7) is 4.88. The van der Waals surface area contributed by atoms with Crippen LogP contribution in [-0.2, 0) is 9.53 Å². The molecule has 0 aromatic heterocycles. The van der Waals surface area contributed by atoms with Gasteiger partial charge in [-0.15, -0.1) is 0 Å². The summed E-state index contributed by atoms with van der Waals surface area (Å²) in [6, 6.07) is 10.2. The number of hydrogen-bond donors (Lipinski definition) is 0. The highest BCUT2D eigenvalue weighted by molar-refractivity contribution is 5.92. The molecule has 2 rings (SSSR count). The lowest BCUT2D eigenvalue weighted by Crippen LogP contribution is -2.03. The molecular formula is C19H20O6. The van der Waals surface area contributed by atoms with Crippen LogP contribution >= 0.6 is 0 Å². The van der Waals surface area contributed by atoms with Crippen LogP contribution in [-0.4, -0.2) is 32.8 Å². The molecule has 0 bridgehead atoms. The lowest BCUT2D eigenvalue weighted by molar-refractivity contribution is -0.120. The second-order valence-electron chi connectivity index (χ2n) is 4.95. The molecule has 0 aliphatic heterocycles. The first kappa shape index (κ1) is 18.3. The van der Waals surface area contributed by atoms with Gasteiger partial charge in [0, 0.05) is 12.1 Å². The highest BCUT2D eigenvalue weighted by Crippen LogP contribution is 2.42. The third kappa shape index (κ3) is 4.29. The molecule has 0 heterocycles. The van der Waals surface area contributed by atoms with E-state index in [4.69, 9.17) is 18.9 Å². The summed E-state index contributed by atoms with van der Waals surface area (Å²) >= 11 is 0. The van der Waals surface area contributed by atoms with Crippen molar-refractivity contribution in [3.63, 3.8) is 0 Å². The van der Waals surface area contributed by atoms with E-state index >= 15 is 0 Å². The van der Waals surface area contributed by atoms with Gasteiger partial charge in [-0.2, -0.15) is 0 Å². The van der Waals surface area contributed by atoms with Gasteiger partial charge in [0.25, 0.3) is 6.47 Å². The van der Waals surface area contributed by atoms with Crippen molar-refractivity contribution in [1.82, 2.24) is 0 Å². The van der Waals surface area contributed by atoms with Crippen molar-refractivity contribution in [2.45, 2.75) is 13.8 Å². The van der Waals surface area contributed by atoms with Gasteiger partial charge in [0.1, 0.15) is 17.2 Å². The van der Waals surface area contributed by atoms with Gasteiger partial charge >= 0.3 is 5.97 Å². The average molecular weight is 344 g/mol. The number of benzene rings is 2. The van der Waals surface area contributed by atoms with E-state index in [-0.39, 0.29) is 0 Å². The lowest BCUT2D eigenvalue weighted by Gasteiger charge is -2.17. The number of rotatable bonds is 8. The van der Waals surface area contributed by atoms with Gasteiger partial charge in [-0.05, 0) is 31.5 Å². The van der Waals surface area contributed by atoms with Crippen LogP contribution in [0.25, 0.3) is 11.1 Å². The summed E-state index contributed by atoms with van der Waals surface area (Å²) in [5, 5.41) is 0. The summed E-state index contributed by atoms with van der Waals surface area (Å²) in [7, 11) is 1.33. The number of esters is 1. The molecule has 6 heteroatoms. The smallest absolute Gasteiger partial charge is 0.337 e. The number of hydrogen-bond acceptors (Lipinski definition) is 6. The maximum absolute atomic E-state index is 11.8. The summed E-state index contributed by atoms with van der Waals surface area (Å²) in [5.41, 5.74) is 1.82. The van der Waals surface area contributed by atoms with Crippen LogP contribution in [0.5, 0.6) is 17.2 Å². The van der Waals surface area contributed by atoms with Crippen LogP contribution < -0.4 is 14.2 Å². The van der Waals surface area contributed by atoms with Crippen molar-refractivity contribution < 1.29 is 28.5 Å². The van der Waals surface area contributed by atoms with E-state index in [1.807, 2.05) is 19.9 Å². The molecule has 0 aliphatic rings. The van der Waals surface area contributed by atoms with Gasteiger partial charge in [-0.25, -0.2) is 4.79 Å². The second kappa shape index (κ2) is 8.73. The molecule has 0 spiro atoms. The van der Waals surface area contributed by atoms with Gasteiger partial charge < -0.3 is 18.9 Å². The minimum atomic E-state index is -0.432. The van der Waals surface area contributed by atoms with E-state index in [1.54, 1.807) is 30.3 Å². The molecule has 0 atom stereocenters. The normalized spacial score (nSPS) is 10.0. The molecule has 6 nitrogen and oxygen atoms in total. The van der Waals surface area contributed by atoms with Crippen molar-refractivity contribution in [3.05, 3.63) is 42.0 Å². The Hall–Kier alpha value is -3.02. The molecule has 0 amide bonds. The maximum atomic E-state index is 11.8. The van der Waals surface area contributed by atoms with Crippen LogP contribution in [0.1, 0.15) is 24.2 Å². The Balaban J connectivity index is 2.64. The molecule has 0 radical (unpaired) electrons. The fraction of sp³-hybridized carbons (Fsp3) is 0.263. The molecule has 0 fully saturated rings. The Morgan fingerprint density at radius 2 is 1.68 bits per heavy atom. The van der Waals surface area contributed by atoms with Gasteiger partial charge in [0.2, 0.25) is 0 Å². The van der Waals surface area contributed by atoms with Crippen molar-refractivity contribution in [2.75, 3.05) is 20.3 Å². The van der Waals surface area contributed by atoms with Crippen LogP contribution in [0.4, 0.5) is 0 Å². The predicted molar refractivity (Wildman–Crippen MR) is 92.2 cm³/mol. The van der Waals surface area contributed by atoms with E-state index in [1.165, 1.54) is 7.11 Å². The van der Waals surface area contributed by atoms with Crippen LogP contribution in [0, 0.1) is 0 Å². The average Bonchev–Trinajstić information content (AvgIpc) is 2.62. The quantitative estimate of drug-likeness (QED) is 0.539. The topological polar surface area (TPSA) is 71.1 Å². The van der Waals surface area contributed by atoms with Gasteiger partial charge in [-0.3, -0.25) is 4.79 Å². The molecule has 2 aromatic carbocycles. The first-order chi connectivity index (χ1) is 12.1. The first-order valence-electron chi connectivity index (χ1n) is 7.87. The molecule has 2 aromatic rings. The largest absolute Gasteiger partial charge is 0.493 e. The monoisotopic (exact) mass is 344 g/mol. The molecule has 25 heavy (non-hydrogen) atoms. The maximum Gasteiger partial charge on any atom is 0.337 e. The van der Waals surface area contributed by atoms with Crippen molar-refractivity contribution in [2.24, 2.45) is 0 Å². The fourth-order valence-electron chi connectivity index (χ4n) is 2.43. The Bertz CT molecular complexity index is 726. The first-order valence-corrected chi connectivity index (χ1v) is 7.87. The molecule has 0 aliphatic carbocycles. The Kier molecular flexibility index (Phi) is 6.39. The van der Waals surface area contributed by atoms with Gasteiger partial charge in [-0.1, -0.05) is 12.1 Å². The predicted octanol–water partition coefficient (Wildman–Crippen LogP) is 3.47. The second-order valence-corrected chi connectivity index (χ2v) is 4.95. The summed E-state index contributed by atoms with van der Waals surface area (Å²) in [5.74, 6) is 0.869. The van der Waals surface area contributed by atoms with Crippen molar-refractivity contribution in [1.29, 1.82) is 0 Å². The third-order valence-corrected chi connectivity index (χ3v) is 3.40. The van der Waals surface area contributed by atoms with Gasteiger partial charge in [0.05, 0.1) is 31.5 Å². The van der Waals surface area contributed by atoms with Gasteiger partial charge in [0.15, 0.2) is 0 Å². The lowest BCUT2D eigenvalue weighted by atomic mass is 10.0. The number of carbonyl (C=O) groups is 2. The van der Waals surface area contributed by atoms with E-state index in [2.05, 4.69) is 0 Å². The third-order valence-electron chi connectivity index (χ3n) is 3.40. The SMILES string of the molecule is CCOc1cc(OC=O)cc(OCC)c1-c1cccc(C(=O)OC)c1. The summed E-state index contributed by atoms with van der Waals surface area (Å²) in [6.07, 6.45) is 0. The van der Waals surface area contributed by atoms with E-state index < -0.39 is 5.97 Å². The number of carbonyl (C=O) groups excluding carboxylic acids is 2. The zero-order chi connectivity index (χ0) is 18.2. The summed E-state index contributed by atoms with van der Waals surface area (Å²) in [4.78, 5) is 22.5. The van der Waals surface area contributed by atoms with Crippen LogP contribution in [0.15, 0.2) is 36.4 Å². The van der Waals surface area contributed by atoms with Crippen LogP contribution in [0.3, 0.4) is 0 Å². The Morgan fingerprint density at radius 3 is 2.20 bits per heavy atom. The number of ether oxygens (including phenoxy) is 4. The number of methoxy groups -OCH3 is 1.